The summed E-state index contributed by atoms with van der Waals surface area (Å²) in [6.07, 6.45) is 2.50. The van der Waals surface area contributed by atoms with Crippen LogP contribution in [0, 0.1) is 5.92 Å². The van der Waals surface area contributed by atoms with Crippen molar-refractivity contribution in [3.63, 3.8) is 0 Å². The Morgan fingerprint density at radius 2 is 1.84 bits per heavy atom. The van der Waals surface area contributed by atoms with Gasteiger partial charge in [-0.1, -0.05) is 13.8 Å². The predicted molar refractivity (Wildman–Crippen MR) is 73.2 cm³/mol. The maximum absolute atomic E-state index is 11.6. The minimum absolute atomic E-state index is 0.0682. The Hall–Kier alpha value is -1.10. The summed E-state index contributed by atoms with van der Waals surface area (Å²) in [7, 11) is 4.18. The van der Waals surface area contributed by atoms with E-state index in [-0.39, 0.29) is 18.2 Å². The molecule has 0 aliphatic rings. The van der Waals surface area contributed by atoms with Crippen LogP contribution in [0.4, 0.5) is 0 Å². The highest BCUT2D eigenvalue weighted by atomic mass is 16.4. The molecular formula is C14H28N2O3. The second-order valence-electron chi connectivity index (χ2n) is 5.81. The lowest BCUT2D eigenvalue weighted by Gasteiger charge is -2.30. The van der Waals surface area contributed by atoms with E-state index in [1.807, 2.05) is 13.8 Å². The van der Waals surface area contributed by atoms with Gasteiger partial charge in [0.15, 0.2) is 0 Å². The number of hydrogen-bond donors (Lipinski definition) is 1. The second-order valence-corrected chi connectivity index (χ2v) is 5.81. The molecule has 112 valence electrons. The third-order valence-electron chi connectivity index (χ3n) is 3.47. The lowest BCUT2D eigenvalue weighted by molar-refractivity contribution is -0.889. The van der Waals surface area contributed by atoms with Crippen molar-refractivity contribution < 1.29 is 19.2 Å². The summed E-state index contributed by atoms with van der Waals surface area (Å²) in [5.41, 5.74) is 0. The molecule has 1 atom stereocenters. The molecule has 5 nitrogen and oxygen atoms in total. The van der Waals surface area contributed by atoms with E-state index >= 15 is 0 Å². The van der Waals surface area contributed by atoms with Gasteiger partial charge < -0.3 is 19.7 Å². The third-order valence-corrected chi connectivity index (χ3v) is 3.47. The molecule has 1 amide bonds. The van der Waals surface area contributed by atoms with E-state index in [9.17, 15) is 14.7 Å². The molecule has 0 aliphatic heterocycles. The highest BCUT2D eigenvalue weighted by molar-refractivity contribution is 5.78. The molecule has 19 heavy (non-hydrogen) atoms. The minimum atomic E-state index is -0.980. The molecule has 0 heterocycles. The smallest absolute Gasteiger partial charge is 0.223 e. The average molecular weight is 272 g/mol. The van der Waals surface area contributed by atoms with Crippen molar-refractivity contribution in [2.24, 2.45) is 5.92 Å². The molecule has 0 radical (unpaired) electrons. The van der Waals surface area contributed by atoms with E-state index in [1.165, 1.54) is 0 Å². The molecule has 0 aliphatic carbocycles. The van der Waals surface area contributed by atoms with Crippen molar-refractivity contribution in [1.82, 2.24) is 5.32 Å². The summed E-state index contributed by atoms with van der Waals surface area (Å²) in [6, 6.07) is 0. The quantitative estimate of drug-likeness (QED) is 0.454. The first-order valence-corrected chi connectivity index (χ1v) is 7.08. The monoisotopic (exact) mass is 272 g/mol. The van der Waals surface area contributed by atoms with E-state index in [0.717, 1.165) is 30.4 Å². The number of nitrogens with one attached hydrogen (secondary N) is 1. The third kappa shape index (κ3) is 9.47. The number of amides is 1. The van der Waals surface area contributed by atoms with Crippen LogP contribution in [0.3, 0.4) is 0 Å². The van der Waals surface area contributed by atoms with E-state index in [2.05, 4.69) is 19.4 Å². The van der Waals surface area contributed by atoms with Crippen molar-refractivity contribution in [1.29, 1.82) is 0 Å². The van der Waals surface area contributed by atoms with Crippen LogP contribution in [0.25, 0.3) is 0 Å². The van der Waals surface area contributed by atoms with Crippen LogP contribution in [0.1, 0.15) is 39.5 Å². The van der Waals surface area contributed by atoms with Gasteiger partial charge in [0.25, 0.3) is 0 Å². The number of unbranched alkanes of at least 4 members (excludes halogenated alkanes) is 1. The molecule has 0 rings (SSSR count). The number of hydrogen-bond acceptors (Lipinski definition) is 3. The van der Waals surface area contributed by atoms with Gasteiger partial charge in [-0.3, -0.25) is 4.79 Å². The summed E-state index contributed by atoms with van der Waals surface area (Å²) in [5.74, 6) is -0.802. The average Bonchev–Trinajstić information content (AvgIpc) is 2.33. The number of quaternary nitrogens is 1. The van der Waals surface area contributed by atoms with Crippen molar-refractivity contribution >= 4 is 11.9 Å². The fraction of sp³-hybridized carbons (Fsp3) is 0.857. The molecule has 1 unspecified atom stereocenters. The van der Waals surface area contributed by atoms with E-state index in [4.69, 9.17) is 0 Å². The van der Waals surface area contributed by atoms with Gasteiger partial charge in [-0.15, -0.1) is 0 Å². The van der Waals surface area contributed by atoms with Crippen LogP contribution in [-0.2, 0) is 9.59 Å². The Bertz CT molecular complexity index is 290. The van der Waals surface area contributed by atoms with Gasteiger partial charge in [0.05, 0.1) is 33.7 Å². The molecule has 0 fully saturated rings. The number of aliphatic carboxylic acids is 1. The second kappa shape index (κ2) is 8.91. The standard InChI is InChI=1S/C14H28N2O3/c1-5-12(2)14(19)15-9-11-16(3,4)10-7-6-8-13(17)18/h12H,5-11H2,1-4H3,(H-,15,17,18,19). The van der Waals surface area contributed by atoms with Gasteiger partial charge in [-0.2, -0.15) is 0 Å². The zero-order valence-electron chi connectivity index (χ0n) is 12.7. The van der Waals surface area contributed by atoms with E-state index < -0.39 is 5.97 Å². The molecule has 0 bridgehead atoms. The summed E-state index contributed by atoms with van der Waals surface area (Å²) in [6.45, 7) is 6.35. The molecular weight excluding hydrogens is 244 g/mol. The number of carbonyl (C=O) groups is 2. The van der Waals surface area contributed by atoms with Gasteiger partial charge >= 0.3 is 0 Å². The Balaban J connectivity index is 3.78. The van der Waals surface area contributed by atoms with Crippen molar-refractivity contribution in [2.75, 3.05) is 33.7 Å². The summed E-state index contributed by atoms with van der Waals surface area (Å²) in [5, 5.41) is 13.2. The number of carboxylic acid groups (broad SMARTS) is 1. The van der Waals surface area contributed by atoms with Crippen LogP contribution in [0.15, 0.2) is 0 Å². The minimum Gasteiger partial charge on any atom is -0.550 e. The molecule has 0 spiro atoms. The van der Waals surface area contributed by atoms with Crippen LogP contribution in [0.2, 0.25) is 0 Å². The first-order valence-electron chi connectivity index (χ1n) is 7.08. The largest absolute Gasteiger partial charge is 0.550 e. The summed E-state index contributed by atoms with van der Waals surface area (Å²) < 4.78 is 0.786. The van der Waals surface area contributed by atoms with Gasteiger partial charge in [0.1, 0.15) is 0 Å². The molecule has 0 aromatic rings. The van der Waals surface area contributed by atoms with Gasteiger partial charge in [-0.25, -0.2) is 0 Å². The van der Waals surface area contributed by atoms with Crippen molar-refractivity contribution in [3.05, 3.63) is 0 Å². The van der Waals surface area contributed by atoms with E-state index in [1.54, 1.807) is 0 Å². The Morgan fingerprint density at radius 1 is 1.21 bits per heavy atom. The maximum Gasteiger partial charge on any atom is 0.223 e. The maximum atomic E-state index is 11.6. The SMILES string of the molecule is CCC(C)C(=O)NCC[N+](C)(C)CCCCC(=O)[O-]. The lowest BCUT2D eigenvalue weighted by atomic mass is 10.1. The number of nitrogens with zero attached hydrogens (tertiary/aromatic N) is 1. The molecule has 0 aromatic heterocycles. The molecule has 0 aromatic carbocycles. The molecule has 0 saturated heterocycles. The van der Waals surface area contributed by atoms with Crippen LogP contribution in [-0.4, -0.2) is 50.1 Å². The van der Waals surface area contributed by atoms with Crippen molar-refractivity contribution in [3.8, 4) is 0 Å². The Labute approximate surface area is 116 Å². The van der Waals surface area contributed by atoms with Gasteiger partial charge in [0.2, 0.25) is 5.91 Å². The van der Waals surface area contributed by atoms with Crippen molar-refractivity contribution in [2.45, 2.75) is 39.5 Å². The predicted octanol–water partition coefficient (Wildman–Crippen LogP) is 0.145. The Kier molecular flexibility index (Phi) is 8.39. The number of rotatable bonds is 10. The highest BCUT2D eigenvalue weighted by Gasteiger charge is 2.16. The number of carbonyl (C=O) groups excluding carboxylic acids is 2. The summed E-state index contributed by atoms with van der Waals surface area (Å²) in [4.78, 5) is 21.9. The lowest BCUT2D eigenvalue weighted by Crippen LogP contribution is -2.46. The van der Waals surface area contributed by atoms with E-state index in [0.29, 0.717) is 13.0 Å². The van der Waals surface area contributed by atoms with Crippen LogP contribution < -0.4 is 10.4 Å². The van der Waals surface area contributed by atoms with Crippen LogP contribution in [0.5, 0.6) is 0 Å². The zero-order valence-corrected chi connectivity index (χ0v) is 12.7. The fourth-order valence-electron chi connectivity index (χ4n) is 1.76. The topological polar surface area (TPSA) is 69.2 Å². The fourth-order valence-corrected chi connectivity index (χ4v) is 1.76. The summed E-state index contributed by atoms with van der Waals surface area (Å²) >= 11 is 0. The Morgan fingerprint density at radius 3 is 2.37 bits per heavy atom. The van der Waals surface area contributed by atoms with Gasteiger partial charge in [0, 0.05) is 11.9 Å². The first kappa shape index (κ1) is 17.9. The zero-order chi connectivity index (χ0) is 14.9. The number of carboxylic acids is 1. The normalized spacial score (nSPS) is 13.1. The van der Waals surface area contributed by atoms with Gasteiger partial charge in [-0.05, 0) is 25.7 Å². The molecule has 1 N–H and O–H groups in total. The highest BCUT2D eigenvalue weighted by Crippen LogP contribution is 2.04. The number of likely N-dealkylation sites (N-methyl/N-ethyl adjacent to an activating group) is 1. The molecule has 0 saturated carbocycles. The molecule has 5 heteroatoms. The first-order chi connectivity index (χ1) is 8.78. The van der Waals surface area contributed by atoms with Crippen LogP contribution >= 0.6 is 0 Å².